The first-order chi connectivity index (χ1) is 13.6. The number of hydrogen-bond donors (Lipinski definition) is 2. The zero-order valence-corrected chi connectivity index (χ0v) is 15.9. The van der Waals surface area contributed by atoms with Crippen LogP contribution in [-0.2, 0) is 17.8 Å². The second-order valence-electron chi connectivity index (χ2n) is 7.78. The molecule has 0 saturated carbocycles. The molecule has 2 aliphatic rings. The van der Waals surface area contributed by atoms with Gasteiger partial charge in [-0.15, -0.1) is 0 Å². The molecule has 0 fully saturated rings. The van der Waals surface area contributed by atoms with Crippen LogP contribution in [0.3, 0.4) is 0 Å². The van der Waals surface area contributed by atoms with Gasteiger partial charge in [0.1, 0.15) is 6.04 Å². The van der Waals surface area contributed by atoms with Crippen molar-refractivity contribution in [2.45, 2.75) is 44.8 Å². The normalized spacial score (nSPS) is 19.4. The first kappa shape index (κ1) is 17.0. The molecule has 5 rings (SSSR count). The van der Waals surface area contributed by atoms with Crippen molar-refractivity contribution < 1.29 is 9.59 Å². The summed E-state index contributed by atoms with van der Waals surface area (Å²) in [5.74, 6) is -0.161. The number of nitrogens with one attached hydrogen (secondary N) is 2. The molecule has 0 spiro atoms. The SMILES string of the molecule is CC(C(=O)NC1CCCc2c1[nH]c1ccccc21)N1Cc2ccccc2C1=O. The van der Waals surface area contributed by atoms with Crippen LogP contribution in [0.4, 0.5) is 0 Å². The molecule has 1 aliphatic carbocycles. The molecule has 142 valence electrons. The summed E-state index contributed by atoms with van der Waals surface area (Å²) in [7, 11) is 0. The third-order valence-corrected chi connectivity index (χ3v) is 6.13. The number of carbonyl (C=O) groups excluding carboxylic acids is 2. The first-order valence-corrected chi connectivity index (χ1v) is 9.92. The van der Waals surface area contributed by atoms with Gasteiger partial charge in [-0.2, -0.15) is 0 Å². The molecule has 0 saturated heterocycles. The van der Waals surface area contributed by atoms with E-state index in [-0.39, 0.29) is 17.9 Å². The van der Waals surface area contributed by atoms with Crippen LogP contribution in [0.5, 0.6) is 0 Å². The summed E-state index contributed by atoms with van der Waals surface area (Å²) < 4.78 is 0. The molecule has 0 radical (unpaired) electrons. The Kier molecular flexibility index (Phi) is 3.97. The van der Waals surface area contributed by atoms with Crippen molar-refractivity contribution in [2.24, 2.45) is 0 Å². The number of benzene rings is 2. The second kappa shape index (κ2) is 6.51. The number of hydrogen-bond acceptors (Lipinski definition) is 2. The minimum absolute atomic E-state index is 0.0359. The molecule has 2 heterocycles. The lowest BCUT2D eigenvalue weighted by molar-refractivity contribution is -0.126. The van der Waals surface area contributed by atoms with Gasteiger partial charge >= 0.3 is 0 Å². The Morgan fingerprint density at radius 1 is 1.18 bits per heavy atom. The summed E-state index contributed by atoms with van der Waals surface area (Å²) in [6.45, 7) is 2.31. The minimum atomic E-state index is -0.505. The highest BCUT2D eigenvalue weighted by molar-refractivity contribution is 6.01. The number of aryl methyl sites for hydroxylation is 1. The van der Waals surface area contributed by atoms with Gasteiger partial charge in [0.15, 0.2) is 0 Å². The molecule has 3 aromatic rings. The number of aromatic nitrogens is 1. The highest BCUT2D eigenvalue weighted by Gasteiger charge is 2.35. The Morgan fingerprint density at radius 3 is 2.82 bits per heavy atom. The number of H-pyrrole nitrogens is 1. The number of rotatable bonds is 3. The summed E-state index contributed by atoms with van der Waals surface area (Å²) in [5, 5.41) is 4.44. The van der Waals surface area contributed by atoms with Gasteiger partial charge in [-0.05, 0) is 49.4 Å². The predicted molar refractivity (Wildman–Crippen MR) is 108 cm³/mol. The van der Waals surface area contributed by atoms with E-state index in [9.17, 15) is 9.59 Å². The van der Waals surface area contributed by atoms with Crippen LogP contribution >= 0.6 is 0 Å². The number of carbonyl (C=O) groups is 2. The van der Waals surface area contributed by atoms with Gasteiger partial charge in [0.05, 0.1) is 6.04 Å². The molecule has 1 aliphatic heterocycles. The van der Waals surface area contributed by atoms with Gasteiger partial charge in [-0.25, -0.2) is 0 Å². The van der Waals surface area contributed by atoms with E-state index in [1.807, 2.05) is 37.3 Å². The maximum absolute atomic E-state index is 13.0. The number of fused-ring (bicyclic) bond motifs is 4. The van der Waals surface area contributed by atoms with Crippen molar-refractivity contribution in [1.29, 1.82) is 0 Å². The number of aromatic amines is 1. The Hall–Kier alpha value is -3.08. The van der Waals surface area contributed by atoms with Gasteiger partial charge in [-0.3, -0.25) is 9.59 Å². The van der Waals surface area contributed by atoms with E-state index in [0.29, 0.717) is 12.1 Å². The van der Waals surface area contributed by atoms with Gasteiger partial charge in [-0.1, -0.05) is 36.4 Å². The van der Waals surface area contributed by atoms with Crippen molar-refractivity contribution in [3.8, 4) is 0 Å². The molecular weight excluding hydrogens is 350 g/mol. The van der Waals surface area contributed by atoms with Crippen molar-refractivity contribution in [1.82, 2.24) is 15.2 Å². The monoisotopic (exact) mass is 373 g/mol. The third kappa shape index (κ3) is 2.61. The fourth-order valence-corrected chi connectivity index (χ4v) is 4.58. The highest BCUT2D eigenvalue weighted by Crippen LogP contribution is 2.35. The zero-order valence-electron chi connectivity index (χ0n) is 15.9. The number of amides is 2. The lowest BCUT2D eigenvalue weighted by atomic mass is 9.91. The molecule has 2 unspecified atom stereocenters. The molecule has 5 nitrogen and oxygen atoms in total. The average molecular weight is 373 g/mol. The molecule has 1 aromatic heterocycles. The van der Waals surface area contributed by atoms with Crippen LogP contribution in [0.2, 0.25) is 0 Å². The van der Waals surface area contributed by atoms with Crippen LogP contribution in [0.1, 0.15) is 53.0 Å². The highest BCUT2D eigenvalue weighted by atomic mass is 16.2. The Bertz CT molecular complexity index is 1080. The minimum Gasteiger partial charge on any atom is -0.356 e. The summed E-state index contributed by atoms with van der Waals surface area (Å²) in [6.07, 6.45) is 2.98. The van der Waals surface area contributed by atoms with E-state index in [0.717, 1.165) is 36.0 Å². The summed E-state index contributed by atoms with van der Waals surface area (Å²) in [4.78, 5) is 30.9. The quantitative estimate of drug-likeness (QED) is 0.735. The molecule has 0 bridgehead atoms. The fourth-order valence-electron chi connectivity index (χ4n) is 4.58. The predicted octanol–water partition coefficient (Wildman–Crippen LogP) is 3.71. The van der Waals surface area contributed by atoms with Crippen LogP contribution in [-0.4, -0.2) is 27.7 Å². The average Bonchev–Trinajstić information content (AvgIpc) is 3.26. The van der Waals surface area contributed by atoms with Crippen LogP contribution in [0, 0.1) is 0 Å². The van der Waals surface area contributed by atoms with Gasteiger partial charge in [0.2, 0.25) is 5.91 Å². The zero-order chi connectivity index (χ0) is 19.3. The van der Waals surface area contributed by atoms with Crippen LogP contribution < -0.4 is 5.32 Å². The van der Waals surface area contributed by atoms with Crippen molar-refractivity contribution in [3.63, 3.8) is 0 Å². The van der Waals surface area contributed by atoms with Gasteiger partial charge < -0.3 is 15.2 Å². The van der Waals surface area contributed by atoms with Crippen LogP contribution in [0.25, 0.3) is 10.9 Å². The number of nitrogens with zero attached hydrogens (tertiary/aromatic N) is 1. The summed E-state index contributed by atoms with van der Waals surface area (Å²) >= 11 is 0. The van der Waals surface area contributed by atoms with Gasteiger partial charge in [0.25, 0.3) is 5.91 Å². The van der Waals surface area contributed by atoms with E-state index in [2.05, 4.69) is 28.5 Å². The molecule has 2 N–H and O–H groups in total. The second-order valence-corrected chi connectivity index (χ2v) is 7.78. The first-order valence-electron chi connectivity index (χ1n) is 9.92. The van der Waals surface area contributed by atoms with Crippen molar-refractivity contribution in [2.75, 3.05) is 0 Å². The van der Waals surface area contributed by atoms with Crippen molar-refractivity contribution >= 4 is 22.7 Å². The molecule has 28 heavy (non-hydrogen) atoms. The molecule has 5 heteroatoms. The van der Waals surface area contributed by atoms with Gasteiger partial charge in [0, 0.05) is 28.7 Å². The largest absolute Gasteiger partial charge is 0.356 e. The van der Waals surface area contributed by atoms with E-state index >= 15 is 0 Å². The third-order valence-electron chi connectivity index (χ3n) is 6.13. The fraction of sp³-hybridized carbons (Fsp3) is 0.304. The Labute approximate surface area is 163 Å². The van der Waals surface area contributed by atoms with E-state index < -0.39 is 6.04 Å². The smallest absolute Gasteiger partial charge is 0.255 e. The maximum atomic E-state index is 13.0. The Balaban J connectivity index is 1.36. The maximum Gasteiger partial charge on any atom is 0.255 e. The van der Waals surface area contributed by atoms with E-state index in [1.54, 1.807) is 4.90 Å². The standard InChI is InChI=1S/C23H23N3O2/c1-14(26-13-15-7-2-3-8-16(15)23(26)28)22(27)25-20-12-6-10-18-17-9-4-5-11-19(17)24-21(18)20/h2-5,7-9,11,14,20,24H,6,10,12-13H2,1H3,(H,25,27). The van der Waals surface area contributed by atoms with E-state index in [4.69, 9.17) is 0 Å². The topological polar surface area (TPSA) is 65.2 Å². The van der Waals surface area contributed by atoms with E-state index in [1.165, 1.54) is 10.9 Å². The summed E-state index contributed by atoms with van der Waals surface area (Å²) in [5.41, 5.74) is 5.24. The summed E-state index contributed by atoms with van der Waals surface area (Å²) in [6, 6.07) is 15.3. The lowest BCUT2D eigenvalue weighted by Gasteiger charge is -2.28. The molecule has 2 atom stereocenters. The van der Waals surface area contributed by atoms with Crippen molar-refractivity contribution in [3.05, 3.63) is 70.9 Å². The molecule has 2 amide bonds. The van der Waals surface area contributed by atoms with Crippen LogP contribution in [0.15, 0.2) is 48.5 Å². The Morgan fingerprint density at radius 2 is 1.96 bits per heavy atom. The lowest BCUT2D eigenvalue weighted by Crippen LogP contribution is -2.46. The molecular formula is C23H23N3O2. The number of para-hydroxylation sites is 1. The molecule has 2 aromatic carbocycles.